The molecule has 0 radical (unpaired) electrons. The molecule has 0 bridgehead atoms. The molecule has 5 aromatic rings. The molecule has 2 N–H and O–H groups in total. The van der Waals surface area contributed by atoms with Gasteiger partial charge in [0.2, 0.25) is 11.7 Å². The van der Waals surface area contributed by atoms with Gasteiger partial charge in [0.15, 0.2) is 0 Å². The Bertz CT molecular complexity index is 1810. The number of hydrogen-bond acceptors (Lipinski definition) is 10. The fraction of sp³-hybridized carbons (Fsp3) is 0.344. The normalized spacial score (nSPS) is 18.3. The van der Waals surface area contributed by atoms with Gasteiger partial charge in [0.25, 0.3) is 0 Å². The van der Waals surface area contributed by atoms with Gasteiger partial charge in [-0.1, -0.05) is 36.2 Å². The van der Waals surface area contributed by atoms with E-state index in [0.717, 1.165) is 23.5 Å². The fourth-order valence-electron chi connectivity index (χ4n) is 5.14. The fourth-order valence-corrected chi connectivity index (χ4v) is 5.69. The van der Waals surface area contributed by atoms with Crippen LogP contribution in [-0.2, 0) is 21.8 Å². The predicted octanol–water partition coefficient (Wildman–Crippen LogP) is 5.17. The summed E-state index contributed by atoms with van der Waals surface area (Å²) in [7, 11) is 0. The second-order valence-corrected chi connectivity index (χ2v) is 11.9. The zero-order valence-electron chi connectivity index (χ0n) is 25.9. The van der Waals surface area contributed by atoms with Crippen molar-refractivity contribution in [3.05, 3.63) is 106 Å². The van der Waals surface area contributed by atoms with Crippen LogP contribution < -0.4 is 21.1 Å². The molecule has 2 aromatic carbocycles. The first-order chi connectivity index (χ1) is 22.8. The molecule has 3 aromatic heterocycles. The highest BCUT2D eigenvalue weighted by atomic mass is 35.5. The van der Waals surface area contributed by atoms with E-state index in [9.17, 15) is 4.79 Å². The minimum atomic E-state index is -1.21. The molecule has 0 spiro atoms. The van der Waals surface area contributed by atoms with Gasteiger partial charge in [-0.25, -0.2) is 19.0 Å². The summed E-state index contributed by atoms with van der Waals surface area (Å²) in [4.78, 5) is 18.6. The van der Waals surface area contributed by atoms with E-state index < -0.39 is 5.79 Å². The summed E-state index contributed by atoms with van der Waals surface area (Å²) in [5.41, 5.74) is 3.06. The number of nitrogens with zero attached hydrogens (tertiary/aromatic N) is 7. The molecule has 0 amide bonds. The molecule has 15 heteroatoms. The summed E-state index contributed by atoms with van der Waals surface area (Å²) in [5, 5.41) is 20.3. The standard InChI is InChI=1S/C32H35Cl2N9O4/c1-3-22(2)43-31(44)41(21-40-43)26-8-5-24(6-9-26)35-12-13-36-25-7-11-30(37-17-25)45-18-27-19-46-32(47-27,20-42-38-14-15-39-42)28-10-4-23(33)16-29(28)34/h4-11,14-17,21-22,27,35-36H,3,12-13,18-20H2,1-2H3/t22?,27-,32-/m1/s1. The number of halogens is 2. The molecule has 1 fully saturated rings. The van der Waals surface area contributed by atoms with Gasteiger partial charge in [0.1, 0.15) is 25.6 Å². The Morgan fingerprint density at radius 3 is 2.47 bits per heavy atom. The van der Waals surface area contributed by atoms with Crippen LogP contribution in [0.1, 0.15) is 31.9 Å². The van der Waals surface area contributed by atoms with Crippen molar-refractivity contribution in [1.82, 2.24) is 34.3 Å². The van der Waals surface area contributed by atoms with Crippen molar-refractivity contribution in [1.29, 1.82) is 0 Å². The van der Waals surface area contributed by atoms with E-state index in [-0.39, 0.29) is 37.6 Å². The highest BCUT2D eigenvalue weighted by Crippen LogP contribution is 2.40. The molecule has 0 saturated carbocycles. The molecule has 13 nitrogen and oxygen atoms in total. The summed E-state index contributed by atoms with van der Waals surface area (Å²) < 4.78 is 21.6. The number of pyridine rings is 1. The molecule has 1 aliphatic heterocycles. The first-order valence-electron chi connectivity index (χ1n) is 15.3. The summed E-state index contributed by atoms with van der Waals surface area (Å²) in [6.45, 7) is 6.04. The molecule has 47 heavy (non-hydrogen) atoms. The van der Waals surface area contributed by atoms with Gasteiger partial charge in [-0.2, -0.15) is 20.1 Å². The molecule has 1 unspecified atom stereocenters. The molecule has 3 atom stereocenters. The third kappa shape index (κ3) is 7.60. The van der Waals surface area contributed by atoms with E-state index in [1.807, 2.05) is 44.2 Å². The summed E-state index contributed by atoms with van der Waals surface area (Å²) in [6.07, 6.45) is 6.90. The number of rotatable bonds is 14. The average molecular weight is 681 g/mol. The summed E-state index contributed by atoms with van der Waals surface area (Å²) in [5.74, 6) is -0.745. The van der Waals surface area contributed by atoms with Gasteiger partial charge in [-0.3, -0.25) is 0 Å². The lowest BCUT2D eigenvalue weighted by Gasteiger charge is -2.29. The first kappa shape index (κ1) is 32.5. The predicted molar refractivity (Wildman–Crippen MR) is 179 cm³/mol. The zero-order valence-corrected chi connectivity index (χ0v) is 27.4. The van der Waals surface area contributed by atoms with Gasteiger partial charge < -0.3 is 24.8 Å². The number of hydrogen-bond donors (Lipinski definition) is 2. The first-order valence-corrected chi connectivity index (χ1v) is 16.0. The largest absolute Gasteiger partial charge is 0.475 e. The van der Waals surface area contributed by atoms with Crippen LogP contribution in [0.2, 0.25) is 10.0 Å². The van der Waals surface area contributed by atoms with E-state index in [0.29, 0.717) is 34.6 Å². The minimum Gasteiger partial charge on any atom is -0.475 e. The van der Waals surface area contributed by atoms with Gasteiger partial charge in [-0.05, 0) is 55.8 Å². The van der Waals surface area contributed by atoms with Crippen LogP contribution in [-0.4, -0.2) is 66.7 Å². The van der Waals surface area contributed by atoms with E-state index in [1.54, 1.807) is 53.8 Å². The van der Waals surface area contributed by atoms with Crippen molar-refractivity contribution in [3.8, 4) is 11.6 Å². The van der Waals surface area contributed by atoms with Crippen molar-refractivity contribution in [2.45, 2.75) is 44.7 Å². The van der Waals surface area contributed by atoms with E-state index >= 15 is 0 Å². The lowest BCUT2D eigenvalue weighted by atomic mass is 10.1. The van der Waals surface area contributed by atoms with Crippen molar-refractivity contribution in [2.24, 2.45) is 0 Å². The van der Waals surface area contributed by atoms with E-state index in [2.05, 4.69) is 30.9 Å². The summed E-state index contributed by atoms with van der Waals surface area (Å²) in [6, 6.07) is 16.6. The number of aromatic nitrogens is 7. The minimum absolute atomic E-state index is 0.0533. The van der Waals surface area contributed by atoms with Crippen LogP contribution in [0, 0.1) is 0 Å². The second-order valence-electron chi connectivity index (χ2n) is 11.1. The van der Waals surface area contributed by atoms with Crippen LogP contribution in [0.4, 0.5) is 11.4 Å². The molecule has 6 rings (SSSR count). The summed E-state index contributed by atoms with van der Waals surface area (Å²) >= 11 is 12.7. The van der Waals surface area contributed by atoms with E-state index in [1.165, 1.54) is 9.48 Å². The number of ether oxygens (including phenoxy) is 3. The van der Waals surface area contributed by atoms with Crippen molar-refractivity contribution in [3.63, 3.8) is 0 Å². The maximum atomic E-state index is 12.7. The Kier molecular flexibility index (Phi) is 10.1. The number of benzene rings is 2. The number of anilines is 2. The monoisotopic (exact) mass is 679 g/mol. The molecule has 1 aliphatic rings. The molecule has 4 heterocycles. The molecule has 1 saturated heterocycles. The third-order valence-electron chi connectivity index (χ3n) is 7.80. The average Bonchev–Trinajstić information content (AvgIpc) is 3.84. The van der Waals surface area contributed by atoms with Crippen molar-refractivity contribution < 1.29 is 14.2 Å². The van der Waals surface area contributed by atoms with Gasteiger partial charge in [0, 0.05) is 35.4 Å². The van der Waals surface area contributed by atoms with Crippen LogP contribution in [0.15, 0.2) is 84.3 Å². The maximum Gasteiger partial charge on any atom is 0.350 e. The second kappa shape index (κ2) is 14.6. The Morgan fingerprint density at radius 2 is 1.77 bits per heavy atom. The molecule has 246 valence electrons. The van der Waals surface area contributed by atoms with Gasteiger partial charge >= 0.3 is 5.69 Å². The van der Waals surface area contributed by atoms with Crippen LogP contribution >= 0.6 is 23.2 Å². The van der Waals surface area contributed by atoms with Crippen LogP contribution in [0.3, 0.4) is 0 Å². The van der Waals surface area contributed by atoms with Crippen molar-refractivity contribution >= 4 is 34.6 Å². The highest BCUT2D eigenvalue weighted by Gasteiger charge is 2.46. The van der Waals surface area contributed by atoms with E-state index in [4.69, 9.17) is 37.4 Å². The van der Waals surface area contributed by atoms with Gasteiger partial charge in [-0.15, -0.1) is 0 Å². The maximum absolute atomic E-state index is 12.7. The zero-order chi connectivity index (χ0) is 32.8. The van der Waals surface area contributed by atoms with Crippen LogP contribution in [0.5, 0.6) is 5.88 Å². The molecular weight excluding hydrogens is 645 g/mol. The Balaban J connectivity index is 0.967. The topological polar surface area (TPSA) is 135 Å². The quantitative estimate of drug-likeness (QED) is 0.151. The van der Waals surface area contributed by atoms with Gasteiger partial charge in [0.05, 0.1) is 47.6 Å². The Hall–Kier alpha value is -4.43. The Morgan fingerprint density at radius 1 is 1.02 bits per heavy atom. The molecular formula is C32H35Cl2N9O4. The van der Waals surface area contributed by atoms with Crippen molar-refractivity contribution in [2.75, 3.05) is 36.9 Å². The SMILES string of the molecule is CCC(C)n1ncn(-c2ccc(NCCNc3ccc(OC[C@@H]4CO[C@@](Cn5nccn5)(c5ccc(Cl)cc5Cl)O4)nc3)cc2)c1=O. The lowest BCUT2D eigenvalue weighted by Crippen LogP contribution is -2.35. The third-order valence-corrected chi connectivity index (χ3v) is 8.35. The Labute approximate surface area is 281 Å². The van der Waals surface area contributed by atoms with Crippen LogP contribution in [0.25, 0.3) is 5.69 Å². The highest BCUT2D eigenvalue weighted by molar-refractivity contribution is 6.35. The lowest BCUT2D eigenvalue weighted by molar-refractivity contribution is -0.192. The number of nitrogens with one attached hydrogen (secondary N) is 2. The smallest absolute Gasteiger partial charge is 0.350 e. The molecule has 0 aliphatic carbocycles.